The first-order valence-electron chi connectivity index (χ1n) is 7.69. The van der Waals surface area contributed by atoms with Gasteiger partial charge in [0.05, 0.1) is 0 Å². The summed E-state index contributed by atoms with van der Waals surface area (Å²) in [6.07, 6.45) is 2.47. The van der Waals surface area contributed by atoms with Crippen LogP contribution in [0.3, 0.4) is 0 Å². The minimum Gasteiger partial charge on any atom is -0.310 e. The molecule has 1 aromatic carbocycles. The molecule has 0 aliphatic heterocycles. The van der Waals surface area contributed by atoms with Crippen LogP contribution in [-0.4, -0.2) is 24.0 Å². The van der Waals surface area contributed by atoms with Gasteiger partial charge in [0, 0.05) is 19.1 Å². The molecule has 0 unspecified atom stereocenters. The highest BCUT2D eigenvalue weighted by Gasteiger charge is 2.04. The third-order valence-electron chi connectivity index (χ3n) is 3.22. The molecule has 0 atom stereocenters. The molecule has 2 nitrogen and oxygen atoms in total. The molecule has 0 saturated heterocycles. The van der Waals surface area contributed by atoms with Crippen LogP contribution in [0, 0.1) is 0 Å². The fraction of sp³-hybridized carbons (Fsp3) is 0.647. The Labute approximate surface area is 119 Å². The molecule has 19 heavy (non-hydrogen) atoms. The quantitative estimate of drug-likeness (QED) is 0.728. The summed E-state index contributed by atoms with van der Waals surface area (Å²) in [4.78, 5) is 2.54. The molecule has 0 amide bonds. The van der Waals surface area contributed by atoms with Gasteiger partial charge in [-0.25, -0.2) is 0 Å². The molecule has 0 bridgehead atoms. The van der Waals surface area contributed by atoms with E-state index >= 15 is 0 Å². The van der Waals surface area contributed by atoms with E-state index in [1.54, 1.807) is 0 Å². The van der Waals surface area contributed by atoms with Gasteiger partial charge in [-0.1, -0.05) is 52.0 Å². The average molecular weight is 262 g/mol. The van der Waals surface area contributed by atoms with Gasteiger partial charge in [0.15, 0.2) is 0 Å². The summed E-state index contributed by atoms with van der Waals surface area (Å²) in [6, 6.07) is 9.59. The molecule has 0 aliphatic carbocycles. The first kappa shape index (κ1) is 16.2. The standard InChI is InChI=1S/C17H30N2/c1-5-11-19(12-6-2)14-17-9-7-16(8-10-17)13-18-15(3)4/h7-10,15,18H,5-6,11-14H2,1-4H3. The van der Waals surface area contributed by atoms with Crippen LogP contribution in [0.5, 0.6) is 0 Å². The Bertz CT molecular complexity index is 324. The van der Waals surface area contributed by atoms with Crippen molar-refractivity contribution in [3.63, 3.8) is 0 Å². The highest BCUT2D eigenvalue weighted by atomic mass is 15.1. The predicted octanol–water partition coefficient (Wildman–Crippen LogP) is 3.81. The zero-order chi connectivity index (χ0) is 14.1. The lowest BCUT2D eigenvalue weighted by Crippen LogP contribution is -2.25. The van der Waals surface area contributed by atoms with Crippen molar-refractivity contribution in [2.24, 2.45) is 0 Å². The van der Waals surface area contributed by atoms with Crippen LogP contribution >= 0.6 is 0 Å². The highest BCUT2D eigenvalue weighted by molar-refractivity contribution is 5.22. The van der Waals surface area contributed by atoms with E-state index in [0.717, 1.165) is 13.1 Å². The third kappa shape index (κ3) is 6.74. The van der Waals surface area contributed by atoms with Crippen LogP contribution in [0.15, 0.2) is 24.3 Å². The Hall–Kier alpha value is -0.860. The zero-order valence-electron chi connectivity index (χ0n) is 13.1. The van der Waals surface area contributed by atoms with Crippen LogP contribution in [0.4, 0.5) is 0 Å². The molecule has 108 valence electrons. The number of hydrogen-bond donors (Lipinski definition) is 1. The molecule has 1 N–H and O–H groups in total. The number of hydrogen-bond acceptors (Lipinski definition) is 2. The van der Waals surface area contributed by atoms with Crippen molar-refractivity contribution in [1.29, 1.82) is 0 Å². The largest absolute Gasteiger partial charge is 0.310 e. The predicted molar refractivity (Wildman–Crippen MR) is 84.3 cm³/mol. The van der Waals surface area contributed by atoms with Crippen LogP contribution in [0.25, 0.3) is 0 Å². The van der Waals surface area contributed by atoms with E-state index in [-0.39, 0.29) is 0 Å². The van der Waals surface area contributed by atoms with Crippen molar-refractivity contribution < 1.29 is 0 Å². The minimum atomic E-state index is 0.546. The lowest BCUT2D eigenvalue weighted by molar-refractivity contribution is 0.266. The zero-order valence-corrected chi connectivity index (χ0v) is 13.1. The van der Waals surface area contributed by atoms with Gasteiger partial charge in [0.1, 0.15) is 0 Å². The molecule has 0 aromatic heterocycles. The molecule has 1 rings (SSSR count). The normalized spacial score (nSPS) is 11.5. The molecular weight excluding hydrogens is 232 g/mol. The molecule has 0 heterocycles. The van der Waals surface area contributed by atoms with E-state index in [4.69, 9.17) is 0 Å². The summed E-state index contributed by atoms with van der Waals surface area (Å²) < 4.78 is 0. The number of benzene rings is 1. The highest BCUT2D eigenvalue weighted by Crippen LogP contribution is 2.09. The number of nitrogens with one attached hydrogen (secondary N) is 1. The minimum absolute atomic E-state index is 0.546. The van der Waals surface area contributed by atoms with E-state index < -0.39 is 0 Å². The van der Waals surface area contributed by atoms with Crippen LogP contribution in [0.2, 0.25) is 0 Å². The van der Waals surface area contributed by atoms with Crippen LogP contribution in [-0.2, 0) is 13.1 Å². The van der Waals surface area contributed by atoms with Crippen molar-refractivity contribution in [3.8, 4) is 0 Å². The second kappa shape index (κ2) is 9.11. The van der Waals surface area contributed by atoms with Crippen molar-refractivity contribution in [2.75, 3.05) is 13.1 Å². The topological polar surface area (TPSA) is 15.3 Å². The van der Waals surface area contributed by atoms with E-state index in [0.29, 0.717) is 6.04 Å². The van der Waals surface area contributed by atoms with Crippen LogP contribution in [0.1, 0.15) is 51.7 Å². The SMILES string of the molecule is CCCN(CCC)Cc1ccc(CNC(C)C)cc1. The fourth-order valence-corrected chi connectivity index (χ4v) is 2.25. The maximum atomic E-state index is 3.45. The molecular formula is C17H30N2. The summed E-state index contributed by atoms with van der Waals surface area (Å²) in [7, 11) is 0. The summed E-state index contributed by atoms with van der Waals surface area (Å²) >= 11 is 0. The Morgan fingerprint density at radius 2 is 1.47 bits per heavy atom. The van der Waals surface area contributed by atoms with Gasteiger partial charge >= 0.3 is 0 Å². The van der Waals surface area contributed by atoms with E-state index in [1.165, 1.54) is 37.1 Å². The average Bonchev–Trinajstić information content (AvgIpc) is 2.38. The van der Waals surface area contributed by atoms with Crippen LogP contribution < -0.4 is 5.32 Å². The first-order chi connectivity index (χ1) is 9.15. The van der Waals surface area contributed by atoms with Crippen molar-refractivity contribution in [3.05, 3.63) is 35.4 Å². The van der Waals surface area contributed by atoms with E-state index in [2.05, 4.69) is 62.2 Å². The molecule has 0 spiro atoms. The maximum Gasteiger partial charge on any atom is 0.0233 e. The van der Waals surface area contributed by atoms with Crippen molar-refractivity contribution >= 4 is 0 Å². The van der Waals surface area contributed by atoms with Gasteiger partial charge in [0.25, 0.3) is 0 Å². The van der Waals surface area contributed by atoms with E-state index in [1.807, 2.05) is 0 Å². The smallest absolute Gasteiger partial charge is 0.0233 e. The first-order valence-corrected chi connectivity index (χ1v) is 7.69. The molecule has 0 saturated carbocycles. The summed E-state index contributed by atoms with van der Waals surface area (Å²) in [5, 5.41) is 3.45. The monoisotopic (exact) mass is 262 g/mol. The Balaban J connectivity index is 2.50. The third-order valence-corrected chi connectivity index (χ3v) is 3.22. The lowest BCUT2D eigenvalue weighted by atomic mass is 10.1. The molecule has 0 radical (unpaired) electrons. The number of rotatable bonds is 9. The van der Waals surface area contributed by atoms with Gasteiger partial charge in [-0.3, -0.25) is 4.90 Å². The van der Waals surface area contributed by atoms with Gasteiger partial charge in [0.2, 0.25) is 0 Å². The van der Waals surface area contributed by atoms with Gasteiger partial charge in [-0.15, -0.1) is 0 Å². The molecule has 0 aliphatic rings. The molecule has 0 fully saturated rings. The summed E-state index contributed by atoms with van der Waals surface area (Å²) in [6.45, 7) is 13.3. The Kier molecular flexibility index (Phi) is 7.76. The summed E-state index contributed by atoms with van der Waals surface area (Å²) in [5.41, 5.74) is 2.80. The summed E-state index contributed by atoms with van der Waals surface area (Å²) in [5.74, 6) is 0. The second-order valence-electron chi connectivity index (χ2n) is 5.63. The maximum absolute atomic E-state index is 3.45. The van der Waals surface area contributed by atoms with Crippen molar-refractivity contribution in [2.45, 2.75) is 59.7 Å². The number of nitrogens with zero attached hydrogens (tertiary/aromatic N) is 1. The van der Waals surface area contributed by atoms with Crippen molar-refractivity contribution in [1.82, 2.24) is 10.2 Å². The fourth-order valence-electron chi connectivity index (χ4n) is 2.25. The second-order valence-corrected chi connectivity index (χ2v) is 5.63. The van der Waals surface area contributed by atoms with Gasteiger partial charge < -0.3 is 5.32 Å². The van der Waals surface area contributed by atoms with Gasteiger partial charge in [-0.05, 0) is 37.1 Å². The lowest BCUT2D eigenvalue weighted by Gasteiger charge is -2.21. The Morgan fingerprint density at radius 1 is 0.947 bits per heavy atom. The Morgan fingerprint density at radius 3 is 1.95 bits per heavy atom. The van der Waals surface area contributed by atoms with E-state index in [9.17, 15) is 0 Å². The van der Waals surface area contributed by atoms with Gasteiger partial charge in [-0.2, -0.15) is 0 Å². The molecule has 2 heteroatoms. The molecule has 1 aromatic rings.